The van der Waals surface area contributed by atoms with Gasteiger partial charge in [-0.25, -0.2) is 0 Å². The molecule has 0 radical (unpaired) electrons. The topological polar surface area (TPSA) is 83.4 Å². The summed E-state index contributed by atoms with van der Waals surface area (Å²) in [5, 5.41) is 15.4. The lowest BCUT2D eigenvalue weighted by molar-refractivity contribution is -0.112. The molecule has 0 spiro atoms. The van der Waals surface area contributed by atoms with Crippen LogP contribution in [-0.2, 0) is 17.6 Å². The number of fused-ring (bicyclic) bond motifs is 1. The van der Waals surface area contributed by atoms with Crippen LogP contribution in [0, 0.1) is 11.3 Å². The number of nitrogens with one attached hydrogen (secondary N) is 2. The summed E-state index contributed by atoms with van der Waals surface area (Å²) in [7, 11) is 3.06. The second-order valence-corrected chi connectivity index (χ2v) is 7.31. The Balaban J connectivity index is 1.71. The van der Waals surface area contributed by atoms with E-state index in [1.165, 1.54) is 37.3 Å². The molecule has 156 valence electrons. The highest BCUT2D eigenvalue weighted by atomic mass is 16.5. The summed E-state index contributed by atoms with van der Waals surface area (Å²) in [4.78, 5) is 12.6. The number of nitriles is 1. The number of carbonyl (C=O) groups is 1. The molecule has 6 heteroatoms. The molecular formula is C24H27N3O3. The summed E-state index contributed by atoms with van der Waals surface area (Å²) < 4.78 is 10.5. The van der Waals surface area contributed by atoms with Crippen molar-refractivity contribution >= 4 is 11.6 Å². The monoisotopic (exact) mass is 405 g/mol. The van der Waals surface area contributed by atoms with Gasteiger partial charge in [-0.15, -0.1) is 0 Å². The van der Waals surface area contributed by atoms with E-state index in [0.717, 1.165) is 18.4 Å². The van der Waals surface area contributed by atoms with Crippen LogP contribution >= 0.6 is 0 Å². The second kappa shape index (κ2) is 9.84. The number of carbonyl (C=O) groups excluding carboxylic acids is 1. The van der Waals surface area contributed by atoms with Crippen molar-refractivity contribution < 1.29 is 14.3 Å². The van der Waals surface area contributed by atoms with E-state index in [2.05, 4.69) is 28.8 Å². The van der Waals surface area contributed by atoms with Crippen molar-refractivity contribution in [2.24, 2.45) is 0 Å². The number of nitrogens with zero attached hydrogens (tertiary/aromatic N) is 1. The van der Waals surface area contributed by atoms with Gasteiger partial charge in [-0.2, -0.15) is 5.26 Å². The maximum atomic E-state index is 12.6. The molecule has 0 heterocycles. The molecule has 0 saturated heterocycles. The Kier molecular flexibility index (Phi) is 6.97. The molecule has 0 aromatic heterocycles. The molecule has 0 saturated carbocycles. The largest absolute Gasteiger partial charge is 0.497 e. The van der Waals surface area contributed by atoms with Crippen molar-refractivity contribution in [3.8, 4) is 17.6 Å². The summed E-state index contributed by atoms with van der Waals surface area (Å²) in [6.07, 6.45) is 6.20. The minimum atomic E-state index is -0.519. The zero-order valence-electron chi connectivity index (χ0n) is 17.6. The van der Waals surface area contributed by atoms with Crippen LogP contribution in [0.25, 0.3) is 0 Å². The lowest BCUT2D eigenvalue weighted by atomic mass is 9.89. The van der Waals surface area contributed by atoms with Crippen molar-refractivity contribution in [3.63, 3.8) is 0 Å². The Morgan fingerprint density at radius 2 is 1.87 bits per heavy atom. The summed E-state index contributed by atoms with van der Waals surface area (Å²) in [5.74, 6) is 0.541. The van der Waals surface area contributed by atoms with Crippen LogP contribution in [-0.4, -0.2) is 20.1 Å². The number of hydrogen-bond donors (Lipinski definition) is 2. The molecule has 2 aromatic carbocycles. The quantitative estimate of drug-likeness (QED) is 0.531. The van der Waals surface area contributed by atoms with Gasteiger partial charge in [0.05, 0.1) is 19.9 Å². The number of benzene rings is 2. The van der Waals surface area contributed by atoms with Gasteiger partial charge in [0, 0.05) is 18.3 Å². The Bertz CT molecular complexity index is 992. The van der Waals surface area contributed by atoms with Gasteiger partial charge < -0.3 is 20.1 Å². The highest BCUT2D eigenvalue weighted by molar-refractivity contribution is 6.07. The first kappa shape index (κ1) is 21.3. The Morgan fingerprint density at radius 3 is 2.57 bits per heavy atom. The lowest BCUT2D eigenvalue weighted by Crippen LogP contribution is -2.19. The molecule has 6 nitrogen and oxygen atoms in total. The molecule has 0 bridgehead atoms. The van der Waals surface area contributed by atoms with Crippen LogP contribution in [0.1, 0.15) is 42.5 Å². The first-order valence-electron chi connectivity index (χ1n) is 10.1. The van der Waals surface area contributed by atoms with Gasteiger partial charge >= 0.3 is 0 Å². The highest BCUT2D eigenvalue weighted by Crippen LogP contribution is 2.29. The van der Waals surface area contributed by atoms with Crippen LogP contribution in [0.4, 0.5) is 5.69 Å². The van der Waals surface area contributed by atoms with Crippen molar-refractivity contribution in [3.05, 3.63) is 64.9 Å². The molecule has 1 amide bonds. The van der Waals surface area contributed by atoms with Crippen LogP contribution < -0.4 is 20.1 Å². The first-order chi connectivity index (χ1) is 14.5. The maximum absolute atomic E-state index is 12.6. The summed E-state index contributed by atoms with van der Waals surface area (Å²) in [6, 6.07) is 13.5. The average Bonchev–Trinajstić information content (AvgIpc) is 2.78. The highest BCUT2D eigenvalue weighted by Gasteiger charge is 2.15. The van der Waals surface area contributed by atoms with Gasteiger partial charge in [-0.1, -0.05) is 18.2 Å². The molecule has 0 fully saturated rings. The number of hydrogen-bond acceptors (Lipinski definition) is 5. The average molecular weight is 405 g/mol. The molecule has 0 aliphatic heterocycles. The molecular weight excluding hydrogens is 378 g/mol. The van der Waals surface area contributed by atoms with Gasteiger partial charge in [-0.05, 0) is 61.4 Å². The maximum Gasteiger partial charge on any atom is 0.267 e. The van der Waals surface area contributed by atoms with Crippen LogP contribution in [0.3, 0.4) is 0 Å². The fourth-order valence-corrected chi connectivity index (χ4v) is 3.58. The van der Waals surface area contributed by atoms with E-state index in [4.69, 9.17) is 9.47 Å². The van der Waals surface area contributed by atoms with Crippen molar-refractivity contribution in [2.75, 3.05) is 19.5 Å². The second-order valence-electron chi connectivity index (χ2n) is 7.31. The van der Waals surface area contributed by atoms with E-state index in [9.17, 15) is 10.1 Å². The summed E-state index contributed by atoms with van der Waals surface area (Å²) in [5.41, 5.74) is 4.38. The van der Waals surface area contributed by atoms with Gasteiger partial charge in [0.25, 0.3) is 5.91 Å². The fraction of sp³-hybridized carbons (Fsp3) is 0.333. The molecule has 30 heavy (non-hydrogen) atoms. The number of amides is 1. The number of methoxy groups -OCH3 is 2. The van der Waals surface area contributed by atoms with Crippen LogP contribution in [0.2, 0.25) is 0 Å². The van der Waals surface area contributed by atoms with Gasteiger partial charge in [-0.3, -0.25) is 4.79 Å². The molecule has 1 atom stereocenters. The number of aryl methyl sites for hydroxylation is 2. The van der Waals surface area contributed by atoms with Gasteiger partial charge in [0.15, 0.2) is 0 Å². The molecule has 3 rings (SSSR count). The van der Waals surface area contributed by atoms with E-state index in [1.807, 2.05) is 13.0 Å². The zero-order valence-corrected chi connectivity index (χ0v) is 17.6. The number of anilines is 1. The third-order valence-corrected chi connectivity index (χ3v) is 5.37. The number of ether oxygens (including phenoxy) is 2. The molecule has 1 aliphatic carbocycles. The van der Waals surface area contributed by atoms with Crippen molar-refractivity contribution in [1.82, 2.24) is 5.32 Å². The Labute approximate surface area is 177 Å². The van der Waals surface area contributed by atoms with E-state index < -0.39 is 5.91 Å². The van der Waals surface area contributed by atoms with E-state index in [0.29, 0.717) is 17.2 Å². The van der Waals surface area contributed by atoms with E-state index in [-0.39, 0.29) is 11.6 Å². The lowest BCUT2D eigenvalue weighted by Gasteiger charge is -2.19. The summed E-state index contributed by atoms with van der Waals surface area (Å²) in [6.45, 7) is 2.01. The molecule has 1 unspecified atom stereocenters. The third kappa shape index (κ3) is 4.93. The van der Waals surface area contributed by atoms with Gasteiger partial charge in [0.1, 0.15) is 23.1 Å². The smallest absolute Gasteiger partial charge is 0.267 e. The number of rotatable bonds is 7. The predicted octanol–water partition coefficient (Wildman–Crippen LogP) is 4.28. The van der Waals surface area contributed by atoms with Crippen LogP contribution in [0.5, 0.6) is 11.5 Å². The first-order valence-corrected chi connectivity index (χ1v) is 10.1. The normalized spacial score (nSPS) is 14.1. The minimum Gasteiger partial charge on any atom is -0.497 e. The molecule has 2 aromatic rings. The zero-order chi connectivity index (χ0) is 21.5. The molecule has 2 N–H and O–H groups in total. The van der Waals surface area contributed by atoms with Crippen molar-refractivity contribution in [1.29, 1.82) is 5.26 Å². The third-order valence-electron chi connectivity index (χ3n) is 5.37. The summed E-state index contributed by atoms with van der Waals surface area (Å²) >= 11 is 0. The predicted molar refractivity (Wildman–Crippen MR) is 117 cm³/mol. The van der Waals surface area contributed by atoms with Crippen molar-refractivity contribution in [2.45, 2.75) is 38.6 Å². The van der Waals surface area contributed by atoms with Crippen LogP contribution in [0.15, 0.2) is 48.2 Å². The SMILES string of the molecule is COc1ccc(OC)c(NC(=O)/C(C#N)=C\NC(C)c2ccc3c(c2)CCCC3)c1. The standard InChI is InChI=1S/C24H27N3O3/c1-16(18-9-8-17-6-4-5-7-19(17)12-18)26-15-20(14-25)24(28)27-22-13-21(29-2)10-11-23(22)30-3/h8-13,15-16,26H,4-7H2,1-3H3,(H,27,28)/b20-15-. The van der Waals surface area contributed by atoms with E-state index >= 15 is 0 Å². The van der Waals surface area contributed by atoms with E-state index in [1.54, 1.807) is 25.3 Å². The Morgan fingerprint density at radius 1 is 1.10 bits per heavy atom. The fourth-order valence-electron chi connectivity index (χ4n) is 3.58. The Hall–Kier alpha value is -3.46. The minimum absolute atomic E-state index is 0.0234. The molecule has 1 aliphatic rings. The van der Waals surface area contributed by atoms with Gasteiger partial charge in [0.2, 0.25) is 0 Å².